The van der Waals surface area contributed by atoms with Crippen LogP contribution in [0.1, 0.15) is 94.3 Å². The molecule has 6 nitrogen and oxygen atoms in total. The molecule has 0 atom stereocenters. The number of nitrogens with one attached hydrogen (secondary N) is 3. The molecule has 6 heteroatoms. The molecule has 0 saturated heterocycles. The number of unbranched alkanes of at least 4 members (excludes halogenated alkanes) is 1. The van der Waals surface area contributed by atoms with Crippen molar-refractivity contribution >= 4 is 17.7 Å². The predicted octanol–water partition coefficient (Wildman–Crippen LogP) is 4.74. The lowest BCUT2D eigenvalue weighted by atomic mass is 9.89. The Bertz CT molecular complexity index is 609. The number of anilines is 2. The highest BCUT2D eigenvalue weighted by Gasteiger charge is 2.21. The fourth-order valence-corrected chi connectivity index (χ4v) is 4.28. The number of carbonyl (C=O) groups excluding carboxylic acids is 1. The van der Waals surface area contributed by atoms with Crippen molar-refractivity contribution in [2.75, 3.05) is 23.7 Å². The number of aromatic nitrogens is 2. The normalized spacial score (nSPS) is 18.6. The summed E-state index contributed by atoms with van der Waals surface area (Å²) in [5, 5.41) is 9.97. The van der Waals surface area contributed by atoms with Crippen LogP contribution in [0.15, 0.2) is 6.20 Å². The summed E-state index contributed by atoms with van der Waals surface area (Å²) in [6.07, 6.45) is 16.3. The standard InChI is InChI=1S/C22H37N5O/c1-2-3-14-23-22-25-16-19(20(27-22)26-18-12-8-5-9-13-18)21(28)24-15-17-10-6-4-7-11-17/h16-18H,2-15H2,1H3,(H,24,28)(H2,23,25,26,27). The third-order valence-electron chi connectivity index (χ3n) is 6.07. The van der Waals surface area contributed by atoms with Crippen molar-refractivity contribution < 1.29 is 4.79 Å². The van der Waals surface area contributed by atoms with Gasteiger partial charge >= 0.3 is 0 Å². The van der Waals surface area contributed by atoms with Crippen molar-refractivity contribution in [1.29, 1.82) is 0 Å². The highest BCUT2D eigenvalue weighted by Crippen LogP contribution is 2.25. The molecule has 2 saturated carbocycles. The summed E-state index contributed by atoms with van der Waals surface area (Å²) in [6.45, 7) is 3.78. The van der Waals surface area contributed by atoms with Crippen molar-refractivity contribution in [3.05, 3.63) is 11.8 Å². The summed E-state index contributed by atoms with van der Waals surface area (Å²) in [6, 6.07) is 0.400. The molecule has 2 aliphatic rings. The summed E-state index contributed by atoms with van der Waals surface area (Å²) in [5.74, 6) is 1.85. The number of carbonyl (C=O) groups is 1. The third kappa shape index (κ3) is 6.35. The first-order valence-corrected chi connectivity index (χ1v) is 11.4. The maximum absolute atomic E-state index is 12.9. The molecule has 0 spiro atoms. The molecule has 156 valence electrons. The van der Waals surface area contributed by atoms with Crippen LogP contribution in [0.5, 0.6) is 0 Å². The minimum absolute atomic E-state index is 0.0519. The summed E-state index contributed by atoms with van der Waals surface area (Å²) in [5.41, 5.74) is 0.572. The second kappa shape index (κ2) is 11.2. The molecule has 1 amide bonds. The molecule has 1 heterocycles. The van der Waals surface area contributed by atoms with Gasteiger partial charge in [-0.05, 0) is 38.0 Å². The van der Waals surface area contributed by atoms with Gasteiger partial charge in [0.15, 0.2) is 0 Å². The van der Waals surface area contributed by atoms with E-state index in [1.807, 2.05) is 0 Å². The lowest BCUT2D eigenvalue weighted by Crippen LogP contribution is -2.32. The van der Waals surface area contributed by atoms with E-state index in [0.29, 0.717) is 29.3 Å². The van der Waals surface area contributed by atoms with Crippen LogP contribution in [-0.4, -0.2) is 35.0 Å². The maximum Gasteiger partial charge on any atom is 0.256 e. The fourth-order valence-electron chi connectivity index (χ4n) is 4.28. The first kappa shape index (κ1) is 20.9. The van der Waals surface area contributed by atoms with Gasteiger partial charge in [-0.2, -0.15) is 4.98 Å². The second-order valence-corrected chi connectivity index (χ2v) is 8.43. The Morgan fingerprint density at radius 2 is 1.79 bits per heavy atom. The van der Waals surface area contributed by atoms with Crippen molar-refractivity contribution in [1.82, 2.24) is 15.3 Å². The average molecular weight is 388 g/mol. The van der Waals surface area contributed by atoms with E-state index in [1.54, 1.807) is 6.20 Å². The van der Waals surface area contributed by atoms with Crippen LogP contribution in [0.2, 0.25) is 0 Å². The van der Waals surface area contributed by atoms with E-state index in [4.69, 9.17) is 0 Å². The van der Waals surface area contributed by atoms with E-state index < -0.39 is 0 Å². The highest BCUT2D eigenvalue weighted by atomic mass is 16.1. The summed E-state index contributed by atoms with van der Waals surface area (Å²) < 4.78 is 0. The molecular weight excluding hydrogens is 350 g/mol. The summed E-state index contributed by atoms with van der Waals surface area (Å²) in [7, 11) is 0. The minimum atomic E-state index is -0.0519. The van der Waals surface area contributed by atoms with Crippen molar-refractivity contribution in [2.24, 2.45) is 5.92 Å². The molecule has 28 heavy (non-hydrogen) atoms. The molecule has 0 bridgehead atoms. The molecule has 3 N–H and O–H groups in total. The van der Waals surface area contributed by atoms with Crippen molar-refractivity contribution in [2.45, 2.75) is 90.0 Å². The smallest absolute Gasteiger partial charge is 0.256 e. The minimum Gasteiger partial charge on any atom is -0.367 e. The van der Waals surface area contributed by atoms with Crippen molar-refractivity contribution in [3.63, 3.8) is 0 Å². The third-order valence-corrected chi connectivity index (χ3v) is 6.07. The average Bonchev–Trinajstić information content (AvgIpc) is 2.74. The Balaban J connectivity index is 1.66. The van der Waals surface area contributed by atoms with Crippen LogP contribution in [0.25, 0.3) is 0 Å². The van der Waals surface area contributed by atoms with Gasteiger partial charge in [0.25, 0.3) is 5.91 Å². The number of amides is 1. The molecular formula is C22H37N5O. The monoisotopic (exact) mass is 387 g/mol. The molecule has 3 rings (SSSR count). The number of nitrogens with zero attached hydrogens (tertiary/aromatic N) is 2. The van der Waals surface area contributed by atoms with Gasteiger partial charge in [0, 0.05) is 25.3 Å². The van der Waals surface area contributed by atoms with Gasteiger partial charge in [-0.3, -0.25) is 4.79 Å². The summed E-state index contributed by atoms with van der Waals surface area (Å²) in [4.78, 5) is 21.9. The molecule has 1 aromatic heterocycles. The van der Waals surface area contributed by atoms with Crippen LogP contribution in [0.4, 0.5) is 11.8 Å². The molecule has 2 aliphatic carbocycles. The number of rotatable bonds is 9. The molecule has 0 radical (unpaired) electrons. The largest absolute Gasteiger partial charge is 0.367 e. The Morgan fingerprint density at radius 3 is 2.50 bits per heavy atom. The van der Waals surface area contributed by atoms with E-state index in [0.717, 1.165) is 38.8 Å². The molecule has 1 aromatic rings. The van der Waals surface area contributed by atoms with E-state index in [2.05, 4.69) is 32.8 Å². The zero-order chi connectivity index (χ0) is 19.6. The Labute approximate surface area is 169 Å². The van der Waals surface area contributed by atoms with E-state index >= 15 is 0 Å². The van der Waals surface area contributed by atoms with Crippen LogP contribution in [0, 0.1) is 5.92 Å². The molecule has 2 fully saturated rings. The van der Waals surface area contributed by atoms with E-state index in [1.165, 1.54) is 51.4 Å². The van der Waals surface area contributed by atoms with Crippen LogP contribution in [0.3, 0.4) is 0 Å². The Morgan fingerprint density at radius 1 is 1.07 bits per heavy atom. The van der Waals surface area contributed by atoms with Gasteiger partial charge in [-0.25, -0.2) is 4.98 Å². The van der Waals surface area contributed by atoms with E-state index in [-0.39, 0.29) is 5.91 Å². The molecule has 0 aromatic carbocycles. The first-order chi connectivity index (χ1) is 13.8. The van der Waals surface area contributed by atoms with Gasteiger partial charge in [0.2, 0.25) is 5.95 Å². The van der Waals surface area contributed by atoms with Gasteiger partial charge in [-0.15, -0.1) is 0 Å². The van der Waals surface area contributed by atoms with Gasteiger partial charge in [0.05, 0.1) is 0 Å². The molecule has 0 aliphatic heterocycles. The number of hydrogen-bond donors (Lipinski definition) is 3. The fraction of sp³-hybridized carbons (Fsp3) is 0.773. The zero-order valence-corrected chi connectivity index (χ0v) is 17.4. The first-order valence-electron chi connectivity index (χ1n) is 11.4. The highest BCUT2D eigenvalue weighted by molar-refractivity contribution is 5.98. The van der Waals surface area contributed by atoms with Gasteiger partial charge in [0.1, 0.15) is 11.4 Å². The predicted molar refractivity (Wildman–Crippen MR) is 115 cm³/mol. The van der Waals surface area contributed by atoms with Gasteiger partial charge < -0.3 is 16.0 Å². The Kier molecular flexibility index (Phi) is 8.37. The Hall–Kier alpha value is -1.85. The van der Waals surface area contributed by atoms with Gasteiger partial charge in [-0.1, -0.05) is 51.9 Å². The SMILES string of the molecule is CCCCNc1ncc(C(=O)NCC2CCCCC2)c(NC2CCCCC2)n1. The zero-order valence-electron chi connectivity index (χ0n) is 17.4. The van der Waals surface area contributed by atoms with Crippen LogP contribution < -0.4 is 16.0 Å². The lowest BCUT2D eigenvalue weighted by Gasteiger charge is -2.25. The number of hydrogen-bond acceptors (Lipinski definition) is 5. The molecule has 0 unspecified atom stereocenters. The lowest BCUT2D eigenvalue weighted by molar-refractivity contribution is 0.0943. The summed E-state index contributed by atoms with van der Waals surface area (Å²) >= 11 is 0. The van der Waals surface area contributed by atoms with Crippen LogP contribution in [-0.2, 0) is 0 Å². The topological polar surface area (TPSA) is 78.9 Å². The second-order valence-electron chi connectivity index (χ2n) is 8.43. The maximum atomic E-state index is 12.9. The van der Waals surface area contributed by atoms with Crippen molar-refractivity contribution in [3.8, 4) is 0 Å². The van der Waals surface area contributed by atoms with E-state index in [9.17, 15) is 4.79 Å². The van der Waals surface area contributed by atoms with Crippen LogP contribution >= 0.6 is 0 Å². The quantitative estimate of drug-likeness (QED) is 0.533.